The Morgan fingerprint density at radius 3 is 2.37 bits per heavy atom. The Morgan fingerprint density at radius 2 is 1.84 bits per heavy atom. The highest BCUT2D eigenvalue weighted by atomic mass is 32.1. The highest BCUT2D eigenvalue weighted by Crippen LogP contribution is 2.46. The van der Waals surface area contributed by atoms with Crippen LogP contribution in [0.5, 0.6) is 0 Å². The molecule has 0 bridgehead atoms. The smallest absolute Gasteiger partial charge is 0.202 e. The fourth-order valence-electron chi connectivity index (χ4n) is 2.56. The first-order valence-corrected chi connectivity index (χ1v) is 7.80. The molecule has 1 fully saturated rings. The minimum absolute atomic E-state index is 0.275. The van der Waals surface area contributed by atoms with Gasteiger partial charge >= 0.3 is 0 Å². The zero-order valence-corrected chi connectivity index (χ0v) is 13.4. The van der Waals surface area contributed by atoms with E-state index in [1.165, 1.54) is 11.5 Å². The third kappa shape index (κ3) is 3.26. The number of aromatic nitrogens is 2. The van der Waals surface area contributed by atoms with E-state index in [0.717, 1.165) is 36.6 Å². The molecule has 0 radical (unpaired) electrons. The van der Waals surface area contributed by atoms with Crippen molar-refractivity contribution < 1.29 is 4.74 Å². The van der Waals surface area contributed by atoms with Crippen LogP contribution in [0, 0.1) is 5.41 Å². The number of nitrogens with one attached hydrogen (secondary N) is 1. The van der Waals surface area contributed by atoms with Crippen molar-refractivity contribution in [1.82, 2.24) is 9.36 Å². The molecule has 1 aliphatic rings. The maximum Gasteiger partial charge on any atom is 0.202 e. The number of hydrogen-bond donors (Lipinski definition) is 1. The fourth-order valence-corrected chi connectivity index (χ4v) is 3.36. The predicted molar refractivity (Wildman–Crippen MR) is 79.6 cm³/mol. The first-order chi connectivity index (χ1) is 8.87. The molecule has 1 heterocycles. The number of methoxy groups -OCH3 is 1. The van der Waals surface area contributed by atoms with Crippen LogP contribution >= 0.6 is 11.5 Å². The summed E-state index contributed by atoms with van der Waals surface area (Å²) in [4.78, 5) is 4.64. The lowest BCUT2D eigenvalue weighted by Crippen LogP contribution is -2.37. The molecule has 0 amide bonds. The van der Waals surface area contributed by atoms with Gasteiger partial charge < -0.3 is 10.1 Å². The van der Waals surface area contributed by atoms with Gasteiger partial charge in [0, 0.05) is 24.7 Å². The molecule has 2 rings (SSSR count). The monoisotopic (exact) mass is 283 g/mol. The quantitative estimate of drug-likeness (QED) is 0.913. The minimum Gasteiger partial charge on any atom is -0.370 e. The standard InChI is InChI=1S/C14H25N3OS/c1-10(2)15-12-16-11(17-19-12)14(18-5)8-6-13(3,4)7-9-14/h10H,6-9H2,1-5H3,(H,15,16,17). The Bertz CT molecular complexity index is 418. The van der Waals surface area contributed by atoms with Crippen LogP contribution in [0.3, 0.4) is 0 Å². The maximum atomic E-state index is 5.83. The molecule has 108 valence electrons. The van der Waals surface area contributed by atoms with Crippen LogP contribution in [0.2, 0.25) is 0 Å². The molecule has 1 aromatic rings. The number of rotatable bonds is 4. The predicted octanol–water partition coefficient (Wildman–Crippen LogP) is 3.80. The molecular formula is C14H25N3OS. The van der Waals surface area contributed by atoms with Crippen LogP contribution in [0.1, 0.15) is 59.2 Å². The topological polar surface area (TPSA) is 47.0 Å². The summed E-state index contributed by atoms with van der Waals surface area (Å²) in [6.45, 7) is 8.87. The molecule has 1 N–H and O–H groups in total. The Hall–Kier alpha value is -0.680. The normalized spacial score (nSPS) is 21.6. The Kier molecular flexibility index (Phi) is 4.16. The summed E-state index contributed by atoms with van der Waals surface area (Å²) in [6.07, 6.45) is 4.34. The van der Waals surface area contributed by atoms with Gasteiger partial charge in [-0.05, 0) is 44.9 Å². The van der Waals surface area contributed by atoms with E-state index in [2.05, 4.69) is 42.4 Å². The van der Waals surface area contributed by atoms with E-state index in [-0.39, 0.29) is 5.60 Å². The second-order valence-electron chi connectivity index (χ2n) is 6.58. The van der Waals surface area contributed by atoms with E-state index in [9.17, 15) is 0 Å². The molecular weight excluding hydrogens is 258 g/mol. The average Bonchev–Trinajstić information content (AvgIpc) is 2.78. The Morgan fingerprint density at radius 1 is 1.21 bits per heavy atom. The molecule has 5 heteroatoms. The number of anilines is 1. The molecule has 0 saturated heterocycles. The van der Waals surface area contributed by atoms with E-state index in [1.807, 2.05) is 0 Å². The van der Waals surface area contributed by atoms with Crippen molar-refractivity contribution in [2.24, 2.45) is 5.41 Å². The summed E-state index contributed by atoms with van der Waals surface area (Å²) in [5, 5.41) is 4.21. The number of hydrogen-bond acceptors (Lipinski definition) is 5. The van der Waals surface area contributed by atoms with Crippen molar-refractivity contribution in [2.75, 3.05) is 12.4 Å². The van der Waals surface area contributed by atoms with Gasteiger partial charge in [-0.15, -0.1) is 0 Å². The summed E-state index contributed by atoms with van der Waals surface area (Å²) in [5.74, 6) is 0.860. The molecule has 0 spiro atoms. The minimum atomic E-state index is -0.275. The fraction of sp³-hybridized carbons (Fsp3) is 0.857. The molecule has 19 heavy (non-hydrogen) atoms. The zero-order chi connectivity index (χ0) is 14.1. The third-order valence-corrected chi connectivity index (χ3v) is 4.69. The second-order valence-corrected chi connectivity index (χ2v) is 7.34. The van der Waals surface area contributed by atoms with Crippen LogP contribution in [0.15, 0.2) is 0 Å². The van der Waals surface area contributed by atoms with Gasteiger partial charge in [0.15, 0.2) is 5.82 Å². The van der Waals surface area contributed by atoms with Gasteiger partial charge in [0.1, 0.15) is 5.60 Å². The van der Waals surface area contributed by atoms with Crippen LogP contribution in [0.25, 0.3) is 0 Å². The highest BCUT2D eigenvalue weighted by molar-refractivity contribution is 7.09. The van der Waals surface area contributed by atoms with Crippen molar-refractivity contribution in [1.29, 1.82) is 0 Å². The molecule has 1 aliphatic carbocycles. The van der Waals surface area contributed by atoms with Gasteiger partial charge in [-0.2, -0.15) is 4.37 Å². The van der Waals surface area contributed by atoms with Crippen molar-refractivity contribution in [3.05, 3.63) is 5.82 Å². The van der Waals surface area contributed by atoms with E-state index in [4.69, 9.17) is 4.74 Å². The summed E-state index contributed by atoms with van der Waals surface area (Å²) in [5.41, 5.74) is 0.139. The van der Waals surface area contributed by atoms with Crippen molar-refractivity contribution in [2.45, 2.75) is 65.0 Å². The van der Waals surface area contributed by atoms with Crippen molar-refractivity contribution >= 4 is 16.7 Å². The molecule has 0 atom stereocenters. The molecule has 1 aromatic heterocycles. The molecule has 0 unspecified atom stereocenters. The van der Waals surface area contributed by atoms with Gasteiger partial charge in [-0.25, -0.2) is 4.98 Å². The summed E-state index contributed by atoms with van der Waals surface area (Å²) in [6, 6.07) is 0.379. The molecule has 4 nitrogen and oxygen atoms in total. The lowest BCUT2D eigenvalue weighted by molar-refractivity contribution is -0.0720. The summed E-state index contributed by atoms with van der Waals surface area (Å²) < 4.78 is 10.4. The Labute approximate surface area is 120 Å². The van der Waals surface area contributed by atoms with Crippen molar-refractivity contribution in [3.63, 3.8) is 0 Å². The van der Waals surface area contributed by atoms with Crippen LogP contribution in [-0.4, -0.2) is 22.5 Å². The lowest BCUT2D eigenvalue weighted by Gasteiger charge is -2.40. The van der Waals surface area contributed by atoms with Gasteiger partial charge in [-0.1, -0.05) is 13.8 Å². The highest BCUT2D eigenvalue weighted by Gasteiger charge is 2.42. The summed E-state index contributed by atoms with van der Waals surface area (Å²) >= 11 is 1.43. The first kappa shape index (κ1) is 14.7. The van der Waals surface area contributed by atoms with E-state index in [0.29, 0.717) is 11.5 Å². The SMILES string of the molecule is COC1(c2nsc(NC(C)C)n2)CCC(C)(C)CC1. The molecule has 0 aliphatic heterocycles. The van der Waals surface area contributed by atoms with Gasteiger partial charge in [-0.3, -0.25) is 0 Å². The van der Waals surface area contributed by atoms with Gasteiger partial charge in [0.05, 0.1) is 0 Å². The average molecular weight is 283 g/mol. The Balaban J connectivity index is 2.16. The van der Waals surface area contributed by atoms with Gasteiger partial charge in [0.2, 0.25) is 5.13 Å². The third-order valence-electron chi connectivity index (χ3n) is 4.05. The lowest BCUT2D eigenvalue weighted by atomic mass is 9.70. The zero-order valence-electron chi connectivity index (χ0n) is 12.6. The molecule has 0 aromatic carbocycles. The number of nitrogens with zero attached hydrogens (tertiary/aromatic N) is 2. The van der Waals surface area contributed by atoms with Crippen molar-refractivity contribution in [3.8, 4) is 0 Å². The maximum absolute atomic E-state index is 5.83. The van der Waals surface area contributed by atoms with E-state index >= 15 is 0 Å². The molecule has 1 saturated carbocycles. The second kappa shape index (κ2) is 5.37. The van der Waals surface area contributed by atoms with Crippen LogP contribution in [-0.2, 0) is 10.3 Å². The van der Waals surface area contributed by atoms with Gasteiger partial charge in [0.25, 0.3) is 0 Å². The van der Waals surface area contributed by atoms with E-state index in [1.54, 1.807) is 7.11 Å². The first-order valence-electron chi connectivity index (χ1n) is 7.03. The van der Waals surface area contributed by atoms with Crippen LogP contribution < -0.4 is 5.32 Å². The van der Waals surface area contributed by atoms with Crippen LogP contribution in [0.4, 0.5) is 5.13 Å². The summed E-state index contributed by atoms with van der Waals surface area (Å²) in [7, 11) is 1.79. The number of ether oxygens (including phenoxy) is 1. The largest absolute Gasteiger partial charge is 0.370 e. The van der Waals surface area contributed by atoms with E-state index < -0.39 is 0 Å².